The molecule has 1 atom stereocenters. The summed E-state index contributed by atoms with van der Waals surface area (Å²) in [6.07, 6.45) is 1.05. The van der Waals surface area contributed by atoms with Crippen LogP contribution in [-0.2, 0) is 23.8 Å². The first kappa shape index (κ1) is 20.7. The Morgan fingerprint density at radius 1 is 1.00 bits per heavy atom. The molecule has 0 heterocycles. The van der Waals surface area contributed by atoms with Crippen LogP contribution in [0.15, 0.2) is 30.3 Å². The van der Waals surface area contributed by atoms with Gasteiger partial charge >= 0.3 is 150 Å². The predicted octanol–water partition coefficient (Wildman–Crippen LogP) is 1.97. The van der Waals surface area contributed by atoms with Crippen molar-refractivity contribution < 1.29 is 23.8 Å². The summed E-state index contributed by atoms with van der Waals surface area (Å²) in [7, 11) is 4.25. The molecule has 1 aromatic rings. The van der Waals surface area contributed by atoms with Crippen LogP contribution < -0.4 is 4.46 Å². The summed E-state index contributed by atoms with van der Waals surface area (Å²) in [6.45, 7) is 4.07. The van der Waals surface area contributed by atoms with Crippen LogP contribution in [0.5, 0.6) is 0 Å². The van der Waals surface area contributed by atoms with Crippen molar-refractivity contribution in [2.24, 2.45) is 5.92 Å². The molecule has 0 radical (unpaired) electrons. The standard InChI is InChI=1S/C18H26O5Se/c1-18(2,23-5)15(24-13-9-7-6-8-10-13)12-11-14(16(19)21-3)17(20)22-4/h6-10,14-15H,11-12H2,1-5H3. The van der Waals surface area contributed by atoms with Gasteiger partial charge in [0.05, 0.1) is 0 Å². The van der Waals surface area contributed by atoms with Gasteiger partial charge in [0.2, 0.25) is 0 Å². The maximum absolute atomic E-state index is 11.9. The minimum absolute atomic E-state index is 0.150. The van der Waals surface area contributed by atoms with Crippen molar-refractivity contribution in [1.82, 2.24) is 0 Å². The second kappa shape index (κ2) is 9.82. The first-order valence-electron chi connectivity index (χ1n) is 7.78. The van der Waals surface area contributed by atoms with Gasteiger partial charge in [0.15, 0.2) is 0 Å². The Balaban J connectivity index is 2.87. The van der Waals surface area contributed by atoms with Crippen LogP contribution in [0.3, 0.4) is 0 Å². The summed E-state index contributed by atoms with van der Waals surface area (Å²) in [4.78, 5) is 23.9. The summed E-state index contributed by atoms with van der Waals surface area (Å²) >= 11 is 0.150. The molecule has 0 bridgehead atoms. The molecule has 0 saturated carbocycles. The van der Waals surface area contributed by atoms with E-state index in [1.165, 1.54) is 18.7 Å². The Labute approximate surface area is 150 Å². The summed E-state index contributed by atoms with van der Waals surface area (Å²) in [5.74, 6) is -1.99. The third-order valence-electron chi connectivity index (χ3n) is 4.01. The number of methoxy groups -OCH3 is 3. The van der Waals surface area contributed by atoms with Gasteiger partial charge in [-0.1, -0.05) is 0 Å². The molecule has 24 heavy (non-hydrogen) atoms. The summed E-state index contributed by atoms with van der Waals surface area (Å²) in [5, 5.41) is 0. The molecule has 134 valence electrons. The fraction of sp³-hybridized carbons (Fsp3) is 0.556. The van der Waals surface area contributed by atoms with E-state index in [9.17, 15) is 9.59 Å². The van der Waals surface area contributed by atoms with Crippen molar-refractivity contribution >= 4 is 31.4 Å². The van der Waals surface area contributed by atoms with Crippen LogP contribution in [0.1, 0.15) is 26.7 Å². The van der Waals surface area contributed by atoms with Crippen LogP contribution in [0, 0.1) is 5.92 Å². The number of carbonyl (C=O) groups is 2. The van der Waals surface area contributed by atoms with Crippen LogP contribution in [0.2, 0.25) is 4.82 Å². The van der Waals surface area contributed by atoms with Crippen molar-refractivity contribution in [2.75, 3.05) is 21.3 Å². The Hall–Kier alpha value is -1.36. The van der Waals surface area contributed by atoms with E-state index >= 15 is 0 Å². The molecular formula is C18H26O5Se. The molecule has 0 spiro atoms. The Morgan fingerprint density at radius 3 is 2.00 bits per heavy atom. The van der Waals surface area contributed by atoms with Gasteiger partial charge in [0.1, 0.15) is 0 Å². The molecule has 0 aliphatic rings. The molecule has 1 rings (SSSR count). The molecule has 1 aromatic carbocycles. The molecular weight excluding hydrogens is 375 g/mol. The first-order valence-corrected chi connectivity index (χ1v) is 9.62. The number of ether oxygens (including phenoxy) is 3. The van der Waals surface area contributed by atoms with Gasteiger partial charge in [-0.25, -0.2) is 0 Å². The van der Waals surface area contributed by atoms with E-state index in [-0.39, 0.29) is 25.4 Å². The summed E-state index contributed by atoms with van der Waals surface area (Å²) < 4.78 is 16.4. The Kier molecular flexibility index (Phi) is 8.46. The van der Waals surface area contributed by atoms with Gasteiger partial charge in [0.25, 0.3) is 0 Å². The normalized spacial score (nSPS) is 12.8. The SMILES string of the molecule is COC(=O)C(CCC([Se]c1ccccc1)C(C)(C)OC)C(=O)OC. The molecule has 0 N–H and O–H groups in total. The van der Waals surface area contributed by atoms with Gasteiger partial charge in [-0.3, -0.25) is 0 Å². The fourth-order valence-corrected chi connectivity index (χ4v) is 4.96. The molecule has 0 amide bonds. The van der Waals surface area contributed by atoms with E-state index in [1.54, 1.807) is 7.11 Å². The van der Waals surface area contributed by atoms with Crippen LogP contribution in [0.25, 0.3) is 0 Å². The van der Waals surface area contributed by atoms with Crippen molar-refractivity contribution in [1.29, 1.82) is 0 Å². The van der Waals surface area contributed by atoms with Gasteiger partial charge < -0.3 is 0 Å². The third kappa shape index (κ3) is 5.93. The van der Waals surface area contributed by atoms with E-state index in [0.717, 1.165) is 0 Å². The van der Waals surface area contributed by atoms with Gasteiger partial charge in [-0.2, -0.15) is 0 Å². The van der Waals surface area contributed by atoms with E-state index in [1.807, 2.05) is 32.0 Å². The average Bonchev–Trinajstić information content (AvgIpc) is 2.60. The molecule has 0 aliphatic carbocycles. The zero-order valence-corrected chi connectivity index (χ0v) is 16.6. The maximum atomic E-state index is 11.9. The monoisotopic (exact) mass is 402 g/mol. The number of rotatable bonds is 9. The Morgan fingerprint density at radius 2 is 1.54 bits per heavy atom. The summed E-state index contributed by atoms with van der Waals surface area (Å²) in [6, 6.07) is 10.2. The molecule has 6 heteroatoms. The van der Waals surface area contributed by atoms with Gasteiger partial charge in [0, 0.05) is 0 Å². The van der Waals surface area contributed by atoms with E-state index in [0.29, 0.717) is 12.8 Å². The number of esters is 2. The van der Waals surface area contributed by atoms with Crippen molar-refractivity contribution in [3.8, 4) is 0 Å². The van der Waals surface area contributed by atoms with Gasteiger partial charge in [-0.15, -0.1) is 0 Å². The number of hydrogen-bond donors (Lipinski definition) is 0. The van der Waals surface area contributed by atoms with E-state index in [2.05, 4.69) is 12.1 Å². The fourth-order valence-electron chi connectivity index (χ4n) is 2.28. The van der Waals surface area contributed by atoms with Crippen molar-refractivity contribution in [2.45, 2.75) is 37.1 Å². The third-order valence-corrected chi connectivity index (χ3v) is 7.44. The Bertz CT molecular complexity index is 513. The number of benzene rings is 1. The zero-order chi connectivity index (χ0) is 18.2. The quantitative estimate of drug-likeness (QED) is 0.360. The topological polar surface area (TPSA) is 61.8 Å². The van der Waals surface area contributed by atoms with Crippen LogP contribution in [0.4, 0.5) is 0 Å². The molecule has 0 fully saturated rings. The van der Waals surface area contributed by atoms with E-state index < -0.39 is 17.9 Å². The molecule has 0 aromatic heterocycles. The summed E-state index contributed by atoms with van der Waals surface area (Å²) in [5.41, 5.74) is -0.355. The second-order valence-electron chi connectivity index (χ2n) is 5.90. The van der Waals surface area contributed by atoms with E-state index in [4.69, 9.17) is 14.2 Å². The molecule has 0 saturated heterocycles. The molecule has 1 unspecified atom stereocenters. The van der Waals surface area contributed by atoms with Crippen LogP contribution in [-0.4, -0.2) is 53.8 Å². The minimum atomic E-state index is -0.887. The molecule has 5 nitrogen and oxygen atoms in total. The second-order valence-corrected chi connectivity index (χ2v) is 8.58. The zero-order valence-electron chi connectivity index (χ0n) is 14.9. The number of hydrogen-bond acceptors (Lipinski definition) is 5. The van der Waals surface area contributed by atoms with Crippen LogP contribution >= 0.6 is 0 Å². The molecule has 0 aliphatic heterocycles. The number of carbonyl (C=O) groups excluding carboxylic acids is 2. The first-order chi connectivity index (χ1) is 11.4. The van der Waals surface area contributed by atoms with Gasteiger partial charge in [-0.05, 0) is 0 Å². The average molecular weight is 401 g/mol. The van der Waals surface area contributed by atoms with Crippen molar-refractivity contribution in [3.05, 3.63) is 30.3 Å². The predicted molar refractivity (Wildman–Crippen MR) is 93.4 cm³/mol. The van der Waals surface area contributed by atoms with Crippen molar-refractivity contribution in [3.63, 3.8) is 0 Å².